The van der Waals surface area contributed by atoms with Gasteiger partial charge in [-0.1, -0.05) is 23.8 Å². The molecule has 2 aliphatic heterocycles. The Hall–Kier alpha value is -2.77. The average Bonchev–Trinajstić information content (AvgIpc) is 2.81. The molecule has 3 unspecified atom stereocenters. The number of hydrogen-bond acceptors (Lipinski definition) is 6. The summed E-state index contributed by atoms with van der Waals surface area (Å²) in [5.41, 5.74) is 12.8. The van der Waals surface area contributed by atoms with E-state index in [1.54, 1.807) is 7.11 Å². The van der Waals surface area contributed by atoms with Gasteiger partial charge in [-0.15, -0.1) is 0 Å². The highest BCUT2D eigenvalue weighted by Crippen LogP contribution is 2.44. The van der Waals surface area contributed by atoms with Crippen LogP contribution in [0, 0.1) is 13.8 Å². The molecule has 196 valence electrons. The predicted molar refractivity (Wildman–Crippen MR) is 142 cm³/mol. The Kier molecular flexibility index (Phi) is 7.81. The molecule has 2 aromatic carbocycles. The maximum absolute atomic E-state index is 11.9. The minimum absolute atomic E-state index is 0.0959. The molecular formula is C29H41N3O4. The number of piperidine rings is 1. The van der Waals surface area contributed by atoms with Crippen LogP contribution in [0.3, 0.4) is 0 Å². The van der Waals surface area contributed by atoms with Gasteiger partial charge in [-0.25, -0.2) is 4.79 Å². The lowest BCUT2D eigenvalue weighted by atomic mass is 9.77. The number of carbonyl (C=O) groups excluding carboxylic acids is 1. The summed E-state index contributed by atoms with van der Waals surface area (Å²) in [6.45, 7) is 12.5. The number of rotatable bonds is 6. The molecule has 7 heteroatoms. The van der Waals surface area contributed by atoms with E-state index in [1.807, 2.05) is 20.8 Å². The Morgan fingerprint density at radius 3 is 2.64 bits per heavy atom. The van der Waals surface area contributed by atoms with Gasteiger partial charge in [-0.3, -0.25) is 4.90 Å². The normalized spacial score (nSPS) is 21.8. The first-order valence-corrected chi connectivity index (χ1v) is 12.9. The molecule has 36 heavy (non-hydrogen) atoms. The Morgan fingerprint density at radius 1 is 1.14 bits per heavy atom. The number of amides is 1. The van der Waals surface area contributed by atoms with E-state index in [-0.39, 0.29) is 12.1 Å². The third-order valence-electron chi connectivity index (χ3n) is 7.20. The topological polar surface area (TPSA) is 86.1 Å². The second kappa shape index (κ2) is 10.7. The summed E-state index contributed by atoms with van der Waals surface area (Å²) in [4.78, 5) is 14.5. The van der Waals surface area contributed by atoms with Crippen LogP contribution in [0.4, 0.5) is 4.79 Å². The number of methoxy groups -OCH3 is 1. The van der Waals surface area contributed by atoms with Gasteiger partial charge in [0, 0.05) is 31.1 Å². The number of ether oxygens (including phenoxy) is 3. The number of carbonyl (C=O) groups is 1. The van der Waals surface area contributed by atoms with E-state index in [4.69, 9.17) is 19.9 Å². The Labute approximate surface area is 215 Å². The summed E-state index contributed by atoms with van der Waals surface area (Å²) >= 11 is 0. The molecule has 0 bridgehead atoms. The fourth-order valence-electron chi connectivity index (χ4n) is 5.45. The van der Waals surface area contributed by atoms with E-state index >= 15 is 0 Å². The third-order valence-corrected chi connectivity index (χ3v) is 7.20. The molecule has 1 fully saturated rings. The van der Waals surface area contributed by atoms with Crippen molar-refractivity contribution >= 4 is 6.09 Å². The minimum atomic E-state index is -0.527. The maximum atomic E-state index is 11.9. The minimum Gasteiger partial charge on any atom is -0.493 e. The quantitative estimate of drug-likeness (QED) is 0.569. The van der Waals surface area contributed by atoms with Gasteiger partial charge < -0.3 is 25.3 Å². The van der Waals surface area contributed by atoms with E-state index in [0.717, 1.165) is 25.9 Å². The Balaban J connectivity index is 1.44. The summed E-state index contributed by atoms with van der Waals surface area (Å²) in [7, 11) is 1.66. The van der Waals surface area contributed by atoms with Gasteiger partial charge in [0.05, 0.1) is 13.7 Å². The maximum Gasteiger partial charge on any atom is 0.407 e. The van der Waals surface area contributed by atoms with E-state index in [2.05, 4.69) is 54.4 Å². The number of nitrogens with zero attached hydrogens (tertiary/aromatic N) is 1. The molecule has 0 radical (unpaired) electrons. The van der Waals surface area contributed by atoms with Gasteiger partial charge in [0.1, 0.15) is 12.2 Å². The van der Waals surface area contributed by atoms with Crippen LogP contribution in [0.15, 0.2) is 30.3 Å². The Bertz CT molecular complexity index is 1090. The molecule has 2 aromatic rings. The molecule has 2 heterocycles. The number of aryl methyl sites for hydroxylation is 2. The van der Waals surface area contributed by atoms with Crippen LogP contribution in [0.1, 0.15) is 67.0 Å². The molecule has 3 atom stereocenters. The highest BCUT2D eigenvalue weighted by molar-refractivity contribution is 5.67. The largest absolute Gasteiger partial charge is 0.493 e. The number of benzene rings is 2. The molecule has 7 nitrogen and oxygen atoms in total. The van der Waals surface area contributed by atoms with Crippen LogP contribution in [-0.4, -0.2) is 56.0 Å². The van der Waals surface area contributed by atoms with Gasteiger partial charge >= 0.3 is 6.09 Å². The third kappa shape index (κ3) is 5.95. The Morgan fingerprint density at radius 2 is 1.92 bits per heavy atom. The van der Waals surface area contributed by atoms with Crippen molar-refractivity contribution in [2.75, 3.05) is 33.4 Å². The van der Waals surface area contributed by atoms with Crippen molar-refractivity contribution in [1.29, 1.82) is 0 Å². The number of nitrogens with two attached hydrogens (primary N) is 1. The van der Waals surface area contributed by atoms with Crippen molar-refractivity contribution in [2.24, 2.45) is 5.73 Å². The van der Waals surface area contributed by atoms with Gasteiger partial charge in [0.25, 0.3) is 0 Å². The zero-order chi connectivity index (χ0) is 26.0. The lowest BCUT2D eigenvalue weighted by Crippen LogP contribution is -2.49. The molecule has 3 N–H and O–H groups in total. The molecule has 0 aromatic heterocycles. The second-order valence-electron chi connectivity index (χ2n) is 11.1. The van der Waals surface area contributed by atoms with Crippen LogP contribution in [-0.2, 0) is 11.2 Å². The predicted octanol–water partition coefficient (Wildman–Crippen LogP) is 4.63. The summed E-state index contributed by atoms with van der Waals surface area (Å²) in [6.07, 6.45) is 1.42. The first-order valence-electron chi connectivity index (χ1n) is 12.9. The first kappa shape index (κ1) is 26.3. The highest BCUT2D eigenvalue weighted by atomic mass is 16.6. The van der Waals surface area contributed by atoms with Gasteiger partial charge in [0.2, 0.25) is 0 Å². The van der Waals surface area contributed by atoms with Gasteiger partial charge in [0.15, 0.2) is 11.5 Å². The van der Waals surface area contributed by atoms with E-state index < -0.39 is 11.7 Å². The van der Waals surface area contributed by atoms with Crippen molar-refractivity contribution in [3.8, 4) is 11.5 Å². The number of fused-ring (bicyclic) bond motifs is 3. The smallest absolute Gasteiger partial charge is 0.407 e. The van der Waals surface area contributed by atoms with Crippen LogP contribution < -0.4 is 20.5 Å². The molecule has 2 aliphatic rings. The van der Waals surface area contributed by atoms with Gasteiger partial charge in [-0.05, 0) is 81.8 Å². The lowest BCUT2D eigenvalue weighted by Gasteiger charge is -2.46. The van der Waals surface area contributed by atoms with Crippen LogP contribution in [0.2, 0.25) is 0 Å². The molecule has 1 saturated heterocycles. The molecule has 0 spiro atoms. The summed E-state index contributed by atoms with van der Waals surface area (Å²) in [5.74, 6) is 1.74. The van der Waals surface area contributed by atoms with Crippen molar-refractivity contribution < 1.29 is 19.0 Å². The zero-order valence-electron chi connectivity index (χ0n) is 22.5. The van der Waals surface area contributed by atoms with Crippen LogP contribution >= 0.6 is 0 Å². The fraction of sp³-hybridized carbons (Fsp3) is 0.552. The second-order valence-corrected chi connectivity index (χ2v) is 11.1. The van der Waals surface area contributed by atoms with E-state index in [1.165, 1.54) is 27.8 Å². The zero-order valence-corrected chi connectivity index (χ0v) is 22.5. The van der Waals surface area contributed by atoms with Crippen molar-refractivity contribution in [3.05, 3.63) is 58.1 Å². The average molecular weight is 496 g/mol. The van der Waals surface area contributed by atoms with E-state index in [9.17, 15) is 4.79 Å². The summed E-state index contributed by atoms with van der Waals surface area (Å²) < 4.78 is 17.0. The number of hydrogen-bond donors (Lipinski definition) is 2. The SMILES string of the molecule is COc1cc2c(cc1OCCNC(=O)OC(C)(C)C)CCN1CC(c3cc(C)ccc3C)C(N)CC21. The monoisotopic (exact) mass is 495 g/mol. The van der Waals surface area contributed by atoms with Crippen LogP contribution in [0.25, 0.3) is 0 Å². The number of nitrogens with one attached hydrogen (secondary N) is 1. The van der Waals surface area contributed by atoms with Crippen molar-refractivity contribution in [1.82, 2.24) is 10.2 Å². The molecule has 0 aliphatic carbocycles. The summed E-state index contributed by atoms with van der Waals surface area (Å²) in [5, 5.41) is 2.73. The highest BCUT2D eigenvalue weighted by Gasteiger charge is 2.39. The van der Waals surface area contributed by atoms with Crippen molar-refractivity contribution in [2.45, 2.75) is 71.1 Å². The van der Waals surface area contributed by atoms with Crippen molar-refractivity contribution in [3.63, 3.8) is 0 Å². The first-order chi connectivity index (χ1) is 17.1. The fourth-order valence-corrected chi connectivity index (χ4v) is 5.45. The number of alkyl carbamates (subject to hydrolysis) is 1. The molecule has 4 rings (SSSR count). The standard InChI is InChI=1S/C29H41N3O4/c1-18-7-8-19(2)21(13-18)23-17-32-11-9-20-14-27(35-12-10-31-28(33)36-29(3,4)5)26(34-6)15-22(20)25(32)16-24(23)30/h7-8,13-15,23-25H,9-12,16-17,30H2,1-6H3,(H,31,33). The van der Waals surface area contributed by atoms with E-state index in [0.29, 0.717) is 30.6 Å². The summed E-state index contributed by atoms with van der Waals surface area (Å²) in [6, 6.07) is 11.3. The van der Waals surface area contributed by atoms with Crippen LogP contribution in [0.5, 0.6) is 11.5 Å². The lowest BCUT2D eigenvalue weighted by molar-refractivity contribution is 0.0520. The molecular weight excluding hydrogens is 454 g/mol. The van der Waals surface area contributed by atoms with Gasteiger partial charge in [-0.2, -0.15) is 0 Å². The molecule has 0 saturated carbocycles. The molecule has 1 amide bonds.